The first-order valence-corrected chi connectivity index (χ1v) is 5.81. The van der Waals surface area contributed by atoms with Crippen molar-refractivity contribution in [3.05, 3.63) is 23.7 Å². The van der Waals surface area contributed by atoms with E-state index in [4.69, 9.17) is 9.15 Å². The second-order valence-electron chi connectivity index (χ2n) is 4.25. The molecule has 0 radical (unpaired) electrons. The van der Waals surface area contributed by atoms with E-state index in [1.807, 2.05) is 11.8 Å². The Kier molecular flexibility index (Phi) is 5.65. The number of ether oxygens (including phenoxy) is 1. The van der Waals surface area contributed by atoms with Crippen molar-refractivity contribution >= 4 is 18.3 Å². The van der Waals surface area contributed by atoms with E-state index in [0.29, 0.717) is 18.1 Å². The Morgan fingerprint density at radius 1 is 1.61 bits per heavy atom. The van der Waals surface area contributed by atoms with Crippen LogP contribution in [0.5, 0.6) is 0 Å². The second kappa shape index (κ2) is 6.78. The summed E-state index contributed by atoms with van der Waals surface area (Å²) in [6.07, 6.45) is 0. The molecule has 0 aromatic carbocycles. The number of nitrogens with one attached hydrogen (secondary N) is 1. The number of halogens is 1. The van der Waals surface area contributed by atoms with Gasteiger partial charge in [0.2, 0.25) is 0 Å². The van der Waals surface area contributed by atoms with E-state index < -0.39 is 0 Å². The number of furan rings is 1. The second-order valence-corrected chi connectivity index (χ2v) is 4.25. The third-order valence-corrected chi connectivity index (χ3v) is 2.92. The molecule has 1 aromatic heterocycles. The molecule has 6 heteroatoms. The van der Waals surface area contributed by atoms with Crippen molar-refractivity contribution in [1.29, 1.82) is 0 Å². The van der Waals surface area contributed by atoms with Crippen molar-refractivity contribution in [2.45, 2.75) is 19.6 Å². The standard InChI is InChI=1S/C12H18N2O3.ClH/c1-9-7-13-5-6-14(9)12(15)11-4-3-10(17-11)8-16-2;/h3-4,9,13H,5-8H2,1-2H3;1H. The number of nitrogens with zero attached hydrogens (tertiary/aromatic N) is 1. The fourth-order valence-electron chi connectivity index (χ4n) is 2.00. The molecule has 5 nitrogen and oxygen atoms in total. The molecule has 2 rings (SSSR count). The molecule has 1 atom stereocenters. The lowest BCUT2D eigenvalue weighted by Crippen LogP contribution is -2.52. The van der Waals surface area contributed by atoms with Gasteiger partial charge in [-0.1, -0.05) is 0 Å². The maximum Gasteiger partial charge on any atom is 0.289 e. The van der Waals surface area contributed by atoms with Gasteiger partial charge in [-0.25, -0.2) is 0 Å². The zero-order valence-electron chi connectivity index (χ0n) is 10.6. The molecule has 102 valence electrons. The molecule has 0 bridgehead atoms. The summed E-state index contributed by atoms with van der Waals surface area (Å²) in [6, 6.07) is 3.70. The number of carbonyl (C=O) groups is 1. The molecule has 1 saturated heterocycles. The smallest absolute Gasteiger partial charge is 0.289 e. The average Bonchev–Trinajstić information content (AvgIpc) is 2.78. The van der Waals surface area contributed by atoms with Crippen LogP contribution in [0.3, 0.4) is 0 Å². The number of piperazine rings is 1. The van der Waals surface area contributed by atoms with Crippen LogP contribution in [0, 0.1) is 0 Å². The summed E-state index contributed by atoms with van der Waals surface area (Å²) < 4.78 is 10.4. The van der Waals surface area contributed by atoms with Crippen LogP contribution in [-0.4, -0.2) is 43.6 Å². The minimum absolute atomic E-state index is 0. The first-order valence-electron chi connectivity index (χ1n) is 5.81. The lowest BCUT2D eigenvalue weighted by atomic mass is 10.2. The van der Waals surface area contributed by atoms with Crippen LogP contribution < -0.4 is 5.32 Å². The molecule has 1 aliphatic rings. The summed E-state index contributed by atoms with van der Waals surface area (Å²) in [5.41, 5.74) is 0. The molecule has 1 N–H and O–H groups in total. The summed E-state index contributed by atoms with van der Waals surface area (Å²) in [7, 11) is 1.60. The normalized spacial score (nSPS) is 19.4. The maximum atomic E-state index is 12.2. The van der Waals surface area contributed by atoms with E-state index in [2.05, 4.69) is 5.32 Å². The zero-order chi connectivity index (χ0) is 12.3. The van der Waals surface area contributed by atoms with Gasteiger partial charge in [0.05, 0.1) is 0 Å². The quantitative estimate of drug-likeness (QED) is 0.902. The summed E-state index contributed by atoms with van der Waals surface area (Å²) in [5.74, 6) is 1.03. The summed E-state index contributed by atoms with van der Waals surface area (Å²) in [5, 5.41) is 3.25. The topological polar surface area (TPSA) is 54.7 Å². The Balaban J connectivity index is 0.00000162. The van der Waals surface area contributed by atoms with Crippen LogP contribution >= 0.6 is 12.4 Å². The van der Waals surface area contributed by atoms with Gasteiger partial charge < -0.3 is 19.4 Å². The highest BCUT2D eigenvalue weighted by Gasteiger charge is 2.25. The van der Waals surface area contributed by atoms with Gasteiger partial charge in [-0.15, -0.1) is 12.4 Å². The van der Waals surface area contributed by atoms with Crippen molar-refractivity contribution in [2.24, 2.45) is 0 Å². The van der Waals surface area contributed by atoms with Crippen molar-refractivity contribution in [3.8, 4) is 0 Å². The molecule has 1 aromatic rings. The highest BCUT2D eigenvalue weighted by Crippen LogP contribution is 2.14. The highest BCUT2D eigenvalue weighted by atomic mass is 35.5. The van der Waals surface area contributed by atoms with E-state index in [0.717, 1.165) is 19.6 Å². The number of hydrogen-bond donors (Lipinski definition) is 1. The Morgan fingerprint density at radius 2 is 2.39 bits per heavy atom. The molecule has 1 amide bonds. The maximum absolute atomic E-state index is 12.2. The molecular weight excluding hydrogens is 256 g/mol. The van der Waals surface area contributed by atoms with Gasteiger partial charge in [-0.3, -0.25) is 4.79 Å². The van der Waals surface area contributed by atoms with Crippen LogP contribution in [0.1, 0.15) is 23.2 Å². The van der Waals surface area contributed by atoms with Gasteiger partial charge in [0, 0.05) is 32.8 Å². The first-order chi connectivity index (χ1) is 8.22. The molecule has 18 heavy (non-hydrogen) atoms. The molecule has 1 fully saturated rings. The highest BCUT2D eigenvalue weighted by molar-refractivity contribution is 5.91. The third kappa shape index (κ3) is 3.25. The van der Waals surface area contributed by atoms with Crippen LogP contribution in [0.25, 0.3) is 0 Å². The lowest BCUT2D eigenvalue weighted by Gasteiger charge is -2.33. The van der Waals surface area contributed by atoms with E-state index in [1.165, 1.54) is 0 Å². The monoisotopic (exact) mass is 274 g/mol. The van der Waals surface area contributed by atoms with Gasteiger partial charge in [-0.05, 0) is 19.1 Å². The Bertz CT molecular complexity index is 394. The van der Waals surface area contributed by atoms with Crippen LogP contribution in [-0.2, 0) is 11.3 Å². The summed E-state index contributed by atoms with van der Waals surface area (Å²) in [6.45, 7) is 4.81. The Labute approximate surface area is 113 Å². The number of hydrogen-bond acceptors (Lipinski definition) is 4. The van der Waals surface area contributed by atoms with Crippen LogP contribution in [0.2, 0.25) is 0 Å². The Morgan fingerprint density at radius 3 is 3.06 bits per heavy atom. The van der Waals surface area contributed by atoms with Crippen molar-refractivity contribution in [1.82, 2.24) is 10.2 Å². The number of amides is 1. The third-order valence-electron chi connectivity index (χ3n) is 2.92. The predicted molar refractivity (Wildman–Crippen MR) is 70.0 cm³/mol. The fraction of sp³-hybridized carbons (Fsp3) is 0.583. The SMILES string of the molecule is COCc1ccc(C(=O)N2CCNCC2C)o1.Cl. The first kappa shape index (κ1) is 15.0. The molecule has 0 spiro atoms. The van der Waals surface area contributed by atoms with E-state index in [1.54, 1.807) is 19.2 Å². The average molecular weight is 275 g/mol. The molecular formula is C12H19ClN2O3. The Hall–Kier alpha value is -1.04. The minimum atomic E-state index is -0.0404. The lowest BCUT2D eigenvalue weighted by molar-refractivity contribution is 0.0616. The predicted octanol–water partition coefficient (Wildman–Crippen LogP) is 1.28. The van der Waals surface area contributed by atoms with Crippen molar-refractivity contribution in [3.63, 3.8) is 0 Å². The zero-order valence-corrected chi connectivity index (χ0v) is 11.5. The van der Waals surface area contributed by atoms with Gasteiger partial charge in [0.25, 0.3) is 5.91 Å². The number of methoxy groups -OCH3 is 1. The number of rotatable bonds is 3. The molecule has 1 aliphatic heterocycles. The van der Waals surface area contributed by atoms with E-state index in [9.17, 15) is 4.79 Å². The number of carbonyl (C=O) groups excluding carboxylic acids is 1. The summed E-state index contributed by atoms with van der Waals surface area (Å²) in [4.78, 5) is 14.0. The van der Waals surface area contributed by atoms with Gasteiger partial charge in [0.15, 0.2) is 5.76 Å². The molecule has 2 heterocycles. The van der Waals surface area contributed by atoms with Crippen LogP contribution in [0.4, 0.5) is 0 Å². The van der Waals surface area contributed by atoms with Crippen molar-refractivity contribution in [2.75, 3.05) is 26.7 Å². The molecule has 1 unspecified atom stereocenters. The fourth-order valence-corrected chi connectivity index (χ4v) is 2.00. The van der Waals surface area contributed by atoms with Gasteiger partial charge in [0.1, 0.15) is 12.4 Å². The van der Waals surface area contributed by atoms with Gasteiger partial charge in [-0.2, -0.15) is 0 Å². The minimum Gasteiger partial charge on any atom is -0.453 e. The molecule has 0 aliphatic carbocycles. The van der Waals surface area contributed by atoms with E-state index >= 15 is 0 Å². The van der Waals surface area contributed by atoms with E-state index in [-0.39, 0.29) is 24.4 Å². The van der Waals surface area contributed by atoms with Gasteiger partial charge >= 0.3 is 0 Å². The van der Waals surface area contributed by atoms with Crippen molar-refractivity contribution < 1.29 is 13.9 Å². The summed E-state index contributed by atoms with van der Waals surface area (Å²) >= 11 is 0. The largest absolute Gasteiger partial charge is 0.453 e. The van der Waals surface area contributed by atoms with Crippen LogP contribution in [0.15, 0.2) is 16.5 Å². The molecule has 0 saturated carbocycles.